The molecule has 7 nitrogen and oxygen atoms in total. The molecule has 2 amide bonds. The van der Waals surface area contributed by atoms with Crippen molar-refractivity contribution in [1.29, 1.82) is 0 Å². The van der Waals surface area contributed by atoms with E-state index in [4.69, 9.17) is 9.31 Å². The third-order valence-electron chi connectivity index (χ3n) is 5.75. The molecule has 0 aromatic carbocycles. The molecule has 0 atom stereocenters. The number of nitrogens with one attached hydrogen (secondary N) is 1. The Balaban J connectivity index is 1.58. The number of amides is 2. The summed E-state index contributed by atoms with van der Waals surface area (Å²) in [6, 6.07) is 0.305. The van der Waals surface area contributed by atoms with Crippen molar-refractivity contribution in [2.45, 2.75) is 84.1 Å². The van der Waals surface area contributed by atoms with Gasteiger partial charge in [-0.2, -0.15) is 5.10 Å². The van der Waals surface area contributed by atoms with Crippen molar-refractivity contribution >= 4 is 18.6 Å². The molecular formula is C19H33BN4O3. The van der Waals surface area contributed by atoms with Crippen LogP contribution in [0.4, 0.5) is 4.79 Å². The number of hydrogen-bond acceptors (Lipinski definition) is 4. The molecule has 1 N–H and O–H groups in total. The standard InChI is InChI=1S/C19H33BN4O3/c1-17(2,3)22-16(25)23-10-8-15(9-11-23)24-13-14(12-21-24)20-26-18(4,5)19(6,7)27-20/h12-13,15H,8-11H2,1-7H3,(H,22,25). The minimum Gasteiger partial charge on any atom is -0.399 e. The van der Waals surface area contributed by atoms with Crippen LogP contribution in [0.1, 0.15) is 67.3 Å². The molecule has 2 saturated heterocycles. The number of nitrogens with zero attached hydrogens (tertiary/aromatic N) is 3. The van der Waals surface area contributed by atoms with E-state index >= 15 is 0 Å². The highest BCUT2D eigenvalue weighted by Crippen LogP contribution is 2.36. The highest BCUT2D eigenvalue weighted by atomic mass is 16.7. The fourth-order valence-electron chi connectivity index (χ4n) is 3.39. The minimum absolute atomic E-state index is 0.0133. The number of carbonyl (C=O) groups is 1. The molecule has 1 aromatic heterocycles. The SMILES string of the molecule is CC(C)(C)NC(=O)N1CCC(n2cc(B3OC(C)(C)C(C)(C)O3)cn2)CC1. The zero-order chi connectivity index (χ0) is 20.0. The van der Waals surface area contributed by atoms with Gasteiger partial charge in [0.25, 0.3) is 0 Å². The fraction of sp³-hybridized carbons (Fsp3) is 0.789. The lowest BCUT2D eigenvalue weighted by molar-refractivity contribution is 0.00578. The second-order valence-electron chi connectivity index (χ2n) is 9.74. The number of hydrogen-bond donors (Lipinski definition) is 1. The van der Waals surface area contributed by atoms with Crippen LogP contribution >= 0.6 is 0 Å². The zero-order valence-corrected chi connectivity index (χ0v) is 17.7. The maximum atomic E-state index is 12.3. The van der Waals surface area contributed by atoms with Crippen LogP contribution in [0.5, 0.6) is 0 Å². The minimum atomic E-state index is -0.388. The first-order valence-electron chi connectivity index (χ1n) is 9.85. The average molecular weight is 376 g/mol. The van der Waals surface area contributed by atoms with Crippen molar-refractivity contribution in [3.8, 4) is 0 Å². The summed E-state index contributed by atoms with van der Waals surface area (Å²) in [4.78, 5) is 14.2. The number of piperidine rings is 1. The molecule has 0 bridgehead atoms. The maximum Gasteiger partial charge on any atom is 0.498 e. The fourth-order valence-corrected chi connectivity index (χ4v) is 3.39. The summed E-state index contributed by atoms with van der Waals surface area (Å²) in [7, 11) is -0.388. The van der Waals surface area contributed by atoms with Crippen LogP contribution in [0.25, 0.3) is 0 Å². The van der Waals surface area contributed by atoms with Crippen molar-refractivity contribution in [3.63, 3.8) is 0 Å². The maximum absolute atomic E-state index is 12.3. The van der Waals surface area contributed by atoms with Crippen LogP contribution < -0.4 is 10.8 Å². The highest BCUT2D eigenvalue weighted by Gasteiger charge is 2.52. The predicted octanol–water partition coefficient (Wildman–Crippen LogP) is 2.33. The molecule has 8 heteroatoms. The average Bonchev–Trinajstić information content (AvgIpc) is 3.09. The van der Waals surface area contributed by atoms with E-state index in [1.807, 2.05) is 42.7 Å². The lowest BCUT2D eigenvalue weighted by atomic mass is 9.82. The molecular weight excluding hydrogens is 343 g/mol. The first-order chi connectivity index (χ1) is 12.4. The lowest BCUT2D eigenvalue weighted by Crippen LogP contribution is -2.50. The van der Waals surface area contributed by atoms with E-state index in [0.717, 1.165) is 31.4 Å². The number of urea groups is 1. The molecule has 150 valence electrons. The monoisotopic (exact) mass is 376 g/mol. The summed E-state index contributed by atoms with van der Waals surface area (Å²) >= 11 is 0. The van der Waals surface area contributed by atoms with E-state index in [9.17, 15) is 4.79 Å². The van der Waals surface area contributed by atoms with Gasteiger partial charge in [0, 0.05) is 36.5 Å². The molecule has 0 spiro atoms. The van der Waals surface area contributed by atoms with Gasteiger partial charge in [-0.15, -0.1) is 0 Å². The van der Waals surface area contributed by atoms with Gasteiger partial charge in [0.1, 0.15) is 0 Å². The molecule has 27 heavy (non-hydrogen) atoms. The van der Waals surface area contributed by atoms with Gasteiger partial charge in [0.05, 0.1) is 17.2 Å². The Morgan fingerprint density at radius 2 is 1.74 bits per heavy atom. The molecule has 3 heterocycles. The van der Waals surface area contributed by atoms with Gasteiger partial charge in [0.15, 0.2) is 0 Å². The molecule has 0 saturated carbocycles. The van der Waals surface area contributed by atoms with Gasteiger partial charge in [-0.3, -0.25) is 4.68 Å². The van der Waals surface area contributed by atoms with E-state index in [-0.39, 0.29) is 29.9 Å². The van der Waals surface area contributed by atoms with Crippen LogP contribution in [-0.2, 0) is 9.31 Å². The zero-order valence-electron chi connectivity index (χ0n) is 17.7. The quantitative estimate of drug-likeness (QED) is 0.805. The highest BCUT2D eigenvalue weighted by molar-refractivity contribution is 6.62. The molecule has 2 aliphatic heterocycles. The Morgan fingerprint density at radius 1 is 1.19 bits per heavy atom. The van der Waals surface area contributed by atoms with Gasteiger partial charge >= 0.3 is 13.1 Å². The predicted molar refractivity (Wildman–Crippen MR) is 106 cm³/mol. The summed E-state index contributed by atoms with van der Waals surface area (Å²) in [5.41, 5.74) is 0.0200. The second kappa shape index (κ2) is 6.81. The van der Waals surface area contributed by atoms with E-state index in [1.165, 1.54) is 0 Å². The molecule has 1 aromatic rings. The van der Waals surface area contributed by atoms with Crippen LogP contribution in [0.15, 0.2) is 12.4 Å². The number of carbonyl (C=O) groups excluding carboxylic acids is 1. The summed E-state index contributed by atoms with van der Waals surface area (Å²) < 4.78 is 14.2. The summed E-state index contributed by atoms with van der Waals surface area (Å²) in [6.45, 7) is 15.7. The largest absolute Gasteiger partial charge is 0.498 e. The number of likely N-dealkylation sites (tertiary alicyclic amines) is 1. The smallest absolute Gasteiger partial charge is 0.399 e. The topological polar surface area (TPSA) is 68.6 Å². The van der Waals surface area contributed by atoms with Crippen LogP contribution in [0.2, 0.25) is 0 Å². The van der Waals surface area contributed by atoms with Gasteiger partial charge < -0.3 is 19.5 Å². The summed E-state index contributed by atoms with van der Waals surface area (Å²) in [5.74, 6) is 0. The molecule has 0 radical (unpaired) electrons. The summed E-state index contributed by atoms with van der Waals surface area (Å²) in [5, 5.41) is 7.58. The van der Waals surface area contributed by atoms with E-state index in [2.05, 4.69) is 38.1 Å². The Morgan fingerprint density at radius 3 is 2.26 bits per heavy atom. The van der Waals surface area contributed by atoms with Crippen molar-refractivity contribution in [2.75, 3.05) is 13.1 Å². The number of aromatic nitrogens is 2. The van der Waals surface area contributed by atoms with Crippen molar-refractivity contribution < 1.29 is 14.1 Å². The second-order valence-corrected chi connectivity index (χ2v) is 9.74. The van der Waals surface area contributed by atoms with Crippen LogP contribution in [0, 0.1) is 0 Å². The third kappa shape index (κ3) is 4.32. The van der Waals surface area contributed by atoms with Gasteiger partial charge in [0.2, 0.25) is 0 Å². The Bertz CT molecular complexity index is 671. The van der Waals surface area contributed by atoms with Crippen molar-refractivity contribution in [1.82, 2.24) is 20.0 Å². The first-order valence-corrected chi connectivity index (χ1v) is 9.85. The third-order valence-corrected chi connectivity index (χ3v) is 5.75. The van der Waals surface area contributed by atoms with Gasteiger partial charge in [-0.1, -0.05) is 0 Å². The van der Waals surface area contributed by atoms with E-state index < -0.39 is 0 Å². The van der Waals surface area contributed by atoms with Crippen LogP contribution in [0.3, 0.4) is 0 Å². The first kappa shape index (κ1) is 20.2. The number of rotatable bonds is 2. The summed E-state index contributed by atoms with van der Waals surface area (Å²) in [6.07, 6.45) is 5.64. The van der Waals surface area contributed by atoms with Crippen LogP contribution in [-0.4, -0.2) is 57.7 Å². The van der Waals surface area contributed by atoms with E-state index in [0.29, 0.717) is 6.04 Å². The normalized spacial score (nSPS) is 22.9. The van der Waals surface area contributed by atoms with E-state index in [1.54, 1.807) is 0 Å². The molecule has 0 aliphatic carbocycles. The Hall–Kier alpha value is -1.54. The van der Waals surface area contributed by atoms with Gasteiger partial charge in [-0.05, 0) is 61.3 Å². The lowest BCUT2D eigenvalue weighted by Gasteiger charge is -2.34. The van der Waals surface area contributed by atoms with Crippen molar-refractivity contribution in [3.05, 3.63) is 12.4 Å². The van der Waals surface area contributed by atoms with Gasteiger partial charge in [-0.25, -0.2) is 4.79 Å². The Kier molecular flexibility index (Phi) is 5.10. The molecule has 2 aliphatic rings. The molecule has 0 unspecified atom stereocenters. The Labute approximate surface area is 162 Å². The molecule has 2 fully saturated rings. The molecule has 3 rings (SSSR count). The van der Waals surface area contributed by atoms with Crippen molar-refractivity contribution in [2.24, 2.45) is 0 Å².